The van der Waals surface area contributed by atoms with Crippen molar-refractivity contribution in [1.82, 2.24) is 24.6 Å². The fourth-order valence-electron chi connectivity index (χ4n) is 2.71. The van der Waals surface area contributed by atoms with Gasteiger partial charge in [-0.1, -0.05) is 0 Å². The number of aromatic nitrogens is 4. The van der Waals surface area contributed by atoms with Crippen LogP contribution in [0.2, 0.25) is 0 Å². The molecule has 2 amide bonds. The molecule has 0 bridgehead atoms. The molecule has 152 valence electrons. The van der Waals surface area contributed by atoms with Gasteiger partial charge in [0.15, 0.2) is 5.82 Å². The standard InChI is InChI=1S/C19H22N6O4/c1-24-17(13-5-4-6-20-12-13)23-25(19(24)27)8-7-21-18(26)22-14-9-15(28-2)11-16(10-14)29-3/h4-6,9-12H,7-8H2,1-3H3,(H2,21,22,26). The number of hydrogen-bond acceptors (Lipinski definition) is 6. The number of carbonyl (C=O) groups is 1. The number of hydrogen-bond donors (Lipinski definition) is 2. The Labute approximate surface area is 167 Å². The summed E-state index contributed by atoms with van der Waals surface area (Å²) in [6.45, 7) is 0.443. The first kappa shape index (κ1) is 19.9. The molecule has 0 fully saturated rings. The van der Waals surface area contributed by atoms with E-state index in [0.29, 0.717) is 23.0 Å². The second-order valence-electron chi connectivity index (χ2n) is 6.11. The first-order valence-electron chi connectivity index (χ1n) is 8.84. The van der Waals surface area contributed by atoms with Gasteiger partial charge >= 0.3 is 11.7 Å². The number of ether oxygens (including phenoxy) is 2. The van der Waals surface area contributed by atoms with E-state index in [2.05, 4.69) is 20.7 Å². The zero-order valence-electron chi connectivity index (χ0n) is 16.4. The second-order valence-corrected chi connectivity index (χ2v) is 6.11. The number of benzene rings is 1. The number of nitrogens with zero attached hydrogens (tertiary/aromatic N) is 4. The van der Waals surface area contributed by atoms with Crippen molar-refractivity contribution in [3.05, 3.63) is 53.2 Å². The van der Waals surface area contributed by atoms with Gasteiger partial charge in [-0.15, -0.1) is 5.10 Å². The molecule has 0 saturated carbocycles. The van der Waals surface area contributed by atoms with Crippen LogP contribution >= 0.6 is 0 Å². The Hall–Kier alpha value is -3.82. The van der Waals surface area contributed by atoms with Gasteiger partial charge < -0.3 is 20.1 Å². The molecule has 0 radical (unpaired) electrons. The van der Waals surface area contributed by atoms with E-state index < -0.39 is 6.03 Å². The third-order valence-electron chi connectivity index (χ3n) is 4.18. The van der Waals surface area contributed by atoms with Crippen LogP contribution in [0.4, 0.5) is 10.5 Å². The highest BCUT2D eigenvalue weighted by molar-refractivity contribution is 5.89. The maximum Gasteiger partial charge on any atom is 0.345 e. The van der Waals surface area contributed by atoms with Crippen molar-refractivity contribution in [3.63, 3.8) is 0 Å². The molecular weight excluding hydrogens is 376 g/mol. The van der Waals surface area contributed by atoms with Crippen molar-refractivity contribution in [2.24, 2.45) is 7.05 Å². The molecule has 3 aromatic rings. The van der Waals surface area contributed by atoms with E-state index in [1.807, 2.05) is 6.07 Å². The van der Waals surface area contributed by atoms with E-state index in [-0.39, 0.29) is 18.8 Å². The predicted molar refractivity (Wildman–Crippen MR) is 107 cm³/mol. The summed E-state index contributed by atoms with van der Waals surface area (Å²) in [6, 6.07) is 8.23. The van der Waals surface area contributed by atoms with Gasteiger partial charge in [-0.25, -0.2) is 14.3 Å². The molecule has 0 aliphatic heterocycles. The summed E-state index contributed by atoms with van der Waals surface area (Å²) in [5.74, 6) is 1.63. The van der Waals surface area contributed by atoms with E-state index in [4.69, 9.17) is 9.47 Å². The van der Waals surface area contributed by atoms with Crippen LogP contribution in [0.15, 0.2) is 47.5 Å². The van der Waals surface area contributed by atoms with Gasteiger partial charge in [-0.2, -0.15) is 0 Å². The van der Waals surface area contributed by atoms with Crippen LogP contribution in [0.3, 0.4) is 0 Å². The fourth-order valence-corrected chi connectivity index (χ4v) is 2.71. The summed E-state index contributed by atoms with van der Waals surface area (Å²) in [4.78, 5) is 28.6. The third kappa shape index (κ3) is 4.72. The minimum atomic E-state index is -0.420. The lowest BCUT2D eigenvalue weighted by molar-refractivity contribution is 0.251. The highest BCUT2D eigenvalue weighted by atomic mass is 16.5. The minimum Gasteiger partial charge on any atom is -0.497 e. The summed E-state index contributed by atoms with van der Waals surface area (Å²) >= 11 is 0. The summed E-state index contributed by atoms with van der Waals surface area (Å²) in [5, 5.41) is 9.73. The molecule has 10 heteroatoms. The zero-order chi connectivity index (χ0) is 20.8. The molecule has 0 unspecified atom stereocenters. The summed E-state index contributed by atoms with van der Waals surface area (Å²) in [5.41, 5.74) is 0.986. The fraction of sp³-hybridized carbons (Fsp3) is 0.263. The van der Waals surface area contributed by atoms with Crippen LogP contribution < -0.4 is 25.8 Å². The monoisotopic (exact) mass is 398 g/mol. The summed E-state index contributed by atoms with van der Waals surface area (Å²) in [6.07, 6.45) is 3.29. The molecule has 2 heterocycles. The van der Waals surface area contributed by atoms with Crippen LogP contribution in [-0.4, -0.2) is 46.1 Å². The minimum absolute atomic E-state index is 0.219. The Bertz CT molecular complexity index is 1020. The Morgan fingerprint density at radius 1 is 1.17 bits per heavy atom. The molecule has 0 spiro atoms. The first-order valence-corrected chi connectivity index (χ1v) is 8.84. The van der Waals surface area contributed by atoms with E-state index in [1.165, 1.54) is 23.5 Å². The molecule has 29 heavy (non-hydrogen) atoms. The number of methoxy groups -OCH3 is 2. The molecule has 0 aliphatic rings. The van der Waals surface area contributed by atoms with Crippen LogP contribution in [-0.2, 0) is 13.6 Å². The predicted octanol–water partition coefficient (Wildman–Crippen LogP) is 1.48. The van der Waals surface area contributed by atoms with Gasteiger partial charge in [0, 0.05) is 55.4 Å². The lowest BCUT2D eigenvalue weighted by atomic mass is 10.3. The molecule has 3 rings (SSSR count). The number of anilines is 1. The quantitative estimate of drug-likeness (QED) is 0.623. The molecule has 1 aromatic carbocycles. The maximum absolute atomic E-state index is 12.4. The molecule has 0 atom stereocenters. The lowest BCUT2D eigenvalue weighted by Gasteiger charge is -2.10. The van der Waals surface area contributed by atoms with E-state index in [9.17, 15) is 9.59 Å². The van der Waals surface area contributed by atoms with Crippen molar-refractivity contribution in [3.8, 4) is 22.9 Å². The first-order chi connectivity index (χ1) is 14.0. The van der Waals surface area contributed by atoms with E-state index >= 15 is 0 Å². The van der Waals surface area contributed by atoms with Crippen LogP contribution in [0.5, 0.6) is 11.5 Å². The van der Waals surface area contributed by atoms with Gasteiger partial charge in [0.2, 0.25) is 0 Å². The Kier molecular flexibility index (Phi) is 6.12. The highest BCUT2D eigenvalue weighted by Crippen LogP contribution is 2.25. The smallest absolute Gasteiger partial charge is 0.345 e. The Morgan fingerprint density at radius 3 is 2.52 bits per heavy atom. The largest absolute Gasteiger partial charge is 0.497 e. The maximum atomic E-state index is 12.4. The van der Waals surface area contributed by atoms with Crippen molar-refractivity contribution in [1.29, 1.82) is 0 Å². The van der Waals surface area contributed by atoms with Crippen molar-refractivity contribution >= 4 is 11.7 Å². The molecular formula is C19H22N6O4. The van der Waals surface area contributed by atoms with Gasteiger partial charge in [0.25, 0.3) is 0 Å². The highest BCUT2D eigenvalue weighted by Gasteiger charge is 2.12. The van der Waals surface area contributed by atoms with Crippen LogP contribution in [0.25, 0.3) is 11.4 Å². The van der Waals surface area contributed by atoms with Gasteiger partial charge in [0.05, 0.1) is 20.8 Å². The number of urea groups is 1. The average Bonchev–Trinajstić information content (AvgIpc) is 3.02. The van der Waals surface area contributed by atoms with Crippen molar-refractivity contribution in [2.75, 3.05) is 26.1 Å². The number of rotatable bonds is 7. The lowest BCUT2D eigenvalue weighted by Crippen LogP contribution is -2.34. The SMILES string of the molecule is COc1cc(NC(=O)NCCn2nc(-c3cccnc3)n(C)c2=O)cc(OC)c1. The van der Waals surface area contributed by atoms with Gasteiger partial charge in [-0.3, -0.25) is 9.55 Å². The Morgan fingerprint density at radius 2 is 1.90 bits per heavy atom. The molecule has 0 saturated heterocycles. The average molecular weight is 398 g/mol. The van der Waals surface area contributed by atoms with Crippen molar-refractivity contribution < 1.29 is 14.3 Å². The second kappa shape index (κ2) is 8.91. The zero-order valence-corrected chi connectivity index (χ0v) is 16.4. The number of nitrogens with one attached hydrogen (secondary N) is 2. The molecule has 2 N–H and O–H groups in total. The van der Waals surface area contributed by atoms with E-state index in [1.54, 1.807) is 43.7 Å². The van der Waals surface area contributed by atoms with Gasteiger partial charge in [-0.05, 0) is 12.1 Å². The van der Waals surface area contributed by atoms with Crippen LogP contribution in [0.1, 0.15) is 0 Å². The van der Waals surface area contributed by atoms with E-state index in [0.717, 1.165) is 5.56 Å². The van der Waals surface area contributed by atoms with Crippen LogP contribution in [0, 0.1) is 0 Å². The summed E-state index contributed by atoms with van der Waals surface area (Å²) < 4.78 is 13.1. The number of pyridine rings is 1. The molecule has 0 aliphatic carbocycles. The number of amides is 2. The Balaban J connectivity index is 1.61. The third-order valence-corrected chi connectivity index (χ3v) is 4.18. The van der Waals surface area contributed by atoms with Crippen molar-refractivity contribution in [2.45, 2.75) is 6.54 Å². The number of carbonyl (C=O) groups excluding carboxylic acids is 1. The summed E-state index contributed by atoms with van der Waals surface area (Å²) in [7, 11) is 4.70. The normalized spacial score (nSPS) is 10.4. The molecule has 2 aromatic heterocycles. The van der Waals surface area contributed by atoms with Gasteiger partial charge in [0.1, 0.15) is 11.5 Å². The molecule has 10 nitrogen and oxygen atoms in total. The topological polar surface area (TPSA) is 112 Å².